The van der Waals surface area contributed by atoms with Crippen LogP contribution in [-0.2, 0) is 4.79 Å². The molecule has 1 aliphatic rings. The number of fused-ring (bicyclic) bond motifs is 1. The van der Waals surface area contributed by atoms with Crippen molar-refractivity contribution in [2.45, 2.75) is 25.7 Å². The first-order chi connectivity index (χ1) is 7.74. The number of carbonyl (C=O) groups is 1. The van der Waals surface area contributed by atoms with E-state index in [4.69, 9.17) is 0 Å². The van der Waals surface area contributed by atoms with Crippen molar-refractivity contribution in [2.75, 3.05) is 5.32 Å². The highest BCUT2D eigenvalue weighted by Gasteiger charge is 2.28. The lowest BCUT2D eigenvalue weighted by atomic mass is 10.2. The third kappa shape index (κ3) is 1.54. The zero-order chi connectivity index (χ0) is 11.1. The number of H-pyrrole nitrogens is 1. The van der Waals surface area contributed by atoms with E-state index in [9.17, 15) is 4.79 Å². The number of anilines is 1. The van der Waals surface area contributed by atoms with Crippen molar-refractivity contribution in [1.82, 2.24) is 15.2 Å². The first-order valence-electron chi connectivity index (χ1n) is 5.35. The van der Waals surface area contributed by atoms with Gasteiger partial charge in [0.15, 0.2) is 0 Å². The summed E-state index contributed by atoms with van der Waals surface area (Å²) in [6.07, 6.45) is 4.21. The number of rotatable bonds is 2. The molecule has 1 fully saturated rings. The van der Waals surface area contributed by atoms with E-state index >= 15 is 0 Å². The maximum absolute atomic E-state index is 10.9. The van der Waals surface area contributed by atoms with Crippen molar-refractivity contribution in [3.63, 3.8) is 0 Å². The molecule has 0 bridgehead atoms. The van der Waals surface area contributed by atoms with E-state index in [1.807, 2.05) is 6.07 Å². The number of nitrogens with one attached hydrogen (secondary N) is 2. The molecule has 2 N–H and O–H groups in total. The van der Waals surface area contributed by atoms with Gasteiger partial charge in [-0.25, -0.2) is 4.98 Å². The SMILES string of the molecule is CC(=O)Nc1cc2[nH]nc(C3CC3)c2cn1. The van der Waals surface area contributed by atoms with E-state index in [0.717, 1.165) is 16.6 Å². The van der Waals surface area contributed by atoms with E-state index in [-0.39, 0.29) is 5.91 Å². The summed E-state index contributed by atoms with van der Waals surface area (Å²) in [5.41, 5.74) is 2.04. The summed E-state index contributed by atoms with van der Waals surface area (Å²) in [5, 5.41) is 11.0. The Bertz CT molecular complexity index is 556. The van der Waals surface area contributed by atoms with Gasteiger partial charge < -0.3 is 5.32 Å². The first kappa shape index (κ1) is 9.33. The van der Waals surface area contributed by atoms with Gasteiger partial charge in [0, 0.05) is 30.5 Å². The van der Waals surface area contributed by atoms with Crippen molar-refractivity contribution in [3.8, 4) is 0 Å². The highest BCUT2D eigenvalue weighted by Crippen LogP contribution is 2.41. The Labute approximate surface area is 92.3 Å². The molecule has 16 heavy (non-hydrogen) atoms. The van der Waals surface area contributed by atoms with E-state index in [1.54, 1.807) is 6.20 Å². The molecule has 3 rings (SSSR count). The second-order valence-electron chi connectivity index (χ2n) is 4.18. The van der Waals surface area contributed by atoms with Gasteiger partial charge in [-0.1, -0.05) is 0 Å². The zero-order valence-electron chi connectivity index (χ0n) is 8.95. The van der Waals surface area contributed by atoms with Gasteiger partial charge in [0.1, 0.15) is 5.82 Å². The van der Waals surface area contributed by atoms with E-state index < -0.39 is 0 Å². The molecule has 0 radical (unpaired) electrons. The Morgan fingerprint density at radius 3 is 3.06 bits per heavy atom. The first-order valence-corrected chi connectivity index (χ1v) is 5.35. The molecular weight excluding hydrogens is 204 g/mol. The number of hydrogen-bond acceptors (Lipinski definition) is 3. The maximum Gasteiger partial charge on any atom is 0.222 e. The smallest absolute Gasteiger partial charge is 0.222 e. The summed E-state index contributed by atoms with van der Waals surface area (Å²) in [5.74, 6) is 1.04. The highest BCUT2D eigenvalue weighted by atomic mass is 16.1. The van der Waals surface area contributed by atoms with Gasteiger partial charge in [-0.3, -0.25) is 9.89 Å². The van der Waals surface area contributed by atoms with Crippen molar-refractivity contribution in [1.29, 1.82) is 0 Å². The fourth-order valence-corrected chi connectivity index (χ4v) is 1.85. The van der Waals surface area contributed by atoms with Crippen molar-refractivity contribution in [2.24, 2.45) is 0 Å². The van der Waals surface area contributed by atoms with Crippen molar-refractivity contribution >= 4 is 22.6 Å². The number of aromatic nitrogens is 3. The third-order valence-corrected chi connectivity index (χ3v) is 2.74. The van der Waals surface area contributed by atoms with Gasteiger partial charge in [0.25, 0.3) is 0 Å². The fourth-order valence-electron chi connectivity index (χ4n) is 1.85. The summed E-state index contributed by atoms with van der Waals surface area (Å²) >= 11 is 0. The van der Waals surface area contributed by atoms with Crippen LogP contribution in [-0.4, -0.2) is 21.1 Å². The number of aromatic amines is 1. The van der Waals surface area contributed by atoms with Crippen molar-refractivity contribution < 1.29 is 4.79 Å². The lowest BCUT2D eigenvalue weighted by Crippen LogP contribution is -2.06. The third-order valence-electron chi connectivity index (χ3n) is 2.74. The van der Waals surface area contributed by atoms with Crippen LogP contribution in [0.3, 0.4) is 0 Å². The highest BCUT2D eigenvalue weighted by molar-refractivity contribution is 5.90. The van der Waals surface area contributed by atoms with Gasteiger partial charge in [-0.05, 0) is 12.8 Å². The van der Waals surface area contributed by atoms with Crippen LogP contribution in [0.15, 0.2) is 12.3 Å². The van der Waals surface area contributed by atoms with Crippen LogP contribution in [0.25, 0.3) is 10.9 Å². The molecule has 0 aromatic carbocycles. The summed E-state index contributed by atoms with van der Waals surface area (Å²) in [4.78, 5) is 15.1. The monoisotopic (exact) mass is 216 g/mol. The Kier molecular flexibility index (Phi) is 1.92. The van der Waals surface area contributed by atoms with E-state index in [2.05, 4.69) is 20.5 Å². The molecule has 1 saturated carbocycles. The summed E-state index contributed by atoms with van der Waals surface area (Å²) in [6.45, 7) is 1.47. The topological polar surface area (TPSA) is 70.7 Å². The Morgan fingerprint density at radius 2 is 2.38 bits per heavy atom. The molecule has 0 aliphatic heterocycles. The molecule has 1 aliphatic carbocycles. The molecule has 0 atom stereocenters. The molecule has 0 saturated heterocycles. The minimum atomic E-state index is -0.117. The molecule has 2 heterocycles. The maximum atomic E-state index is 10.9. The van der Waals surface area contributed by atoms with Crippen LogP contribution in [0.4, 0.5) is 5.82 Å². The van der Waals surface area contributed by atoms with Gasteiger partial charge >= 0.3 is 0 Å². The second-order valence-corrected chi connectivity index (χ2v) is 4.18. The summed E-state index contributed by atoms with van der Waals surface area (Å²) in [6, 6.07) is 1.82. The fraction of sp³-hybridized carbons (Fsp3) is 0.364. The molecule has 2 aromatic heterocycles. The largest absolute Gasteiger partial charge is 0.311 e. The standard InChI is InChI=1S/C11H12N4O/c1-6(16)13-10-4-9-8(5-12-10)11(15-14-9)7-2-3-7/h4-5,7H,2-3H2,1H3,(H,14,15)(H,12,13,16). The quantitative estimate of drug-likeness (QED) is 0.804. The van der Waals surface area contributed by atoms with Crippen LogP contribution in [0.5, 0.6) is 0 Å². The van der Waals surface area contributed by atoms with Crippen LogP contribution in [0, 0.1) is 0 Å². The molecule has 82 valence electrons. The number of hydrogen-bond donors (Lipinski definition) is 2. The Morgan fingerprint density at radius 1 is 1.56 bits per heavy atom. The average Bonchev–Trinajstić information content (AvgIpc) is 2.98. The number of carbonyl (C=O) groups excluding carboxylic acids is 1. The van der Waals surface area contributed by atoms with Crippen LogP contribution in [0.1, 0.15) is 31.4 Å². The minimum Gasteiger partial charge on any atom is -0.311 e. The zero-order valence-corrected chi connectivity index (χ0v) is 8.95. The lowest BCUT2D eigenvalue weighted by molar-refractivity contribution is -0.114. The summed E-state index contributed by atoms with van der Waals surface area (Å²) in [7, 11) is 0. The Balaban J connectivity index is 2.02. The van der Waals surface area contributed by atoms with Crippen molar-refractivity contribution in [3.05, 3.63) is 18.0 Å². The van der Waals surface area contributed by atoms with Crippen LogP contribution in [0.2, 0.25) is 0 Å². The van der Waals surface area contributed by atoms with Gasteiger partial charge in [-0.2, -0.15) is 5.10 Å². The van der Waals surface area contributed by atoms with Crippen LogP contribution >= 0.6 is 0 Å². The average molecular weight is 216 g/mol. The number of pyridine rings is 1. The van der Waals surface area contributed by atoms with E-state index in [1.165, 1.54) is 19.8 Å². The van der Waals surface area contributed by atoms with E-state index in [0.29, 0.717) is 11.7 Å². The predicted molar refractivity (Wildman–Crippen MR) is 60.2 cm³/mol. The molecule has 0 unspecified atom stereocenters. The minimum absolute atomic E-state index is 0.117. The second kappa shape index (κ2) is 3.30. The Hall–Kier alpha value is -1.91. The normalized spacial score (nSPS) is 15.3. The molecule has 2 aromatic rings. The molecule has 0 spiro atoms. The number of amides is 1. The summed E-state index contributed by atoms with van der Waals surface area (Å²) < 4.78 is 0. The van der Waals surface area contributed by atoms with Crippen LogP contribution < -0.4 is 5.32 Å². The van der Waals surface area contributed by atoms with Gasteiger partial charge in [0.2, 0.25) is 5.91 Å². The molecule has 1 amide bonds. The van der Waals surface area contributed by atoms with Gasteiger partial charge in [-0.15, -0.1) is 0 Å². The number of nitrogens with zero attached hydrogens (tertiary/aromatic N) is 2. The molecule has 5 nitrogen and oxygen atoms in total. The van der Waals surface area contributed by atoms with Gasteiger partial charge in [0.05, 0.1) is 11.2 Å². The molecular formula is C11H12N4O. The lowest BCUT2D eigenvalue weighted by Gasteiger charge is -2.00. The molecule has 5 heteroatoms. The predicted octanol–water partition coefficient (Wildman–Crippen LogP) is 1.79.